The van der Waals surface area contributed by atoms with E-state index in [0.29, 0.717) is 26.3 Å². The zero-order chi connectivity index (χ0) is 16.4. The van der Waals surface area contributed by atoms with Crippen LogP contribution in [-0.4, -0.2) is 53.1 Å². The number of anilines is 1. The molecule has 1 atom stereocenters. The van der Waals surface area contributed by atoms with Crippen LogP contribution < -0.4 is 5.32 Å². The third-order valence-electron chi connectivity index (χ3n) is 4.10. The van der Waals surface area contributed by atoms with E-state index in [4.69, 9.17) is 4.74 Å². The van der Waals surface area contributed by atoms with Gasteiger partial charge in [0.1, 0.15) is 23.0 Å². The first-order valence-electron chi connectivity index (χ1n) is 7.90. The van der Waals surface area contributed by atoms with Crippen molar-refractivity contribution in [1.29, 1.82) is 0 Å². The van der Waals surface area contributed by atoms with Gasteiger partial charge in [-0.1, -0.05) is 13.8 Å². The second kappa shape index (κ2) is 6.80. The van der Waals surface area contributed by atoms with Crippen molar-refractivity contribution >= 4 is 33.3 Å². The van der Waals surface area contributed by atoms with Gasteiger partial charge in [0.2, 0.25) is 5.91 Å². The summed E-state index contributed by atoms with van der Waals surface area (Å²) in [6.07, 6.45) is 1.55. The van der Waals surface area contributed by atoms with Crippen molar-refractivity contribution in [3.05, 3.63) is 17.3 Å². The maximum atomic E-state index is 12.9. The highest BCUT2D eigenvalue weighted by Crippen LogP contribution is 2.29. The predicted molar refractivity (Wildman–Crippen MR) is 91.8 cm³/mol. The SMILES string of the molecule is Cc1csc2ncnc(NC(C(=O)N3CCOCC3)C(C)C)c12. The van der Waals surface area contributed by atoms with Gasteiger partial charge in [-0.25, -0.2) is 9.97 Å². The zero-order valence-corrected chi connectivity index (χ0v) is 14.5. The summed E-state index contributed by atoms with van der Waals surface area (Å²) in [6.45, 7) is 8.67. The number of rotatable bonds is 4. The molecule has 7 heteroatoms. The molecular weight excluding hydrogens is 312 g/mol. The molecule has 3 rings (SSSR count). The molecule has 0 saturated carbocycles. The highest BCUT2D eigenvalue weighted by molar-refractivity contribution is 7.17. The largest absolute Gasteiger partial charge is 0.378 e. The van der Waals surface area contributed by atoms with E-state index in [1.54, 1.807) is 17.7 Å². The number of fused-ring (bicyclic) bond motifs is 1. The van der Waals surface area contributed by atoms with Crippen molar-refractivity contribution in [2.75, 3.05) is 31.6 Å². The van der Waals surface area contributed by atoms with Crippen molar-refractivity contribution in [2.24, 2.45) is 5.92 Å². The van der Waals surface area contributed by atoms with Crippen LogP contribution in [-0.2, 0) is 9.53 Å². The lowest BCUT2D eigenvalue weighted by Crippen LogP contribution is -2.50. The highest BCUT2D eigenvalue weighted by atomic mass is 32.1. The number of thiophene rings is 1. The first-order chi connectivity index (χ1) is 11.1. The van der Waals surface area contributed by atoms with Crippen LogP contribution in [0.4, 0.5) is 5.82 Å². The first kappa shape index (κ1) is 16.1. The van der Waals surface area contributed by atoms with Crippen LogP contribution in [0.3, 0.4) is 0 Å². The Labute approximate surface area is 139 Å². The fourth-order valence-electron chi connectivity index (χ4n) is 2.77. The van der Waals surface area contributed by atoms with Gasteiger partial charge in [0.05, 0.1) is 18.6 Å². The predicted octanol–water partition coefficient (Wildman–Crippen LogP) is 2.30. The minimum absolute atomic E-state index is 0.114. The van der Waals surface area contributed by atoms with Gasteiger partial charge in [0.15, 0.2) is 0 Å². The Morgan fingerprint density at radius 3 is 2.78 bits per heavy atom. The normalized spacial score (nSPS) is 16.8. The molecule has 23 heavy (non-hydrogen) atoms. The number of nitrogens with one attached hydrogen (secondary N) is 1. The van der Waals surface area contributed by atoms with Crippen LogP contribution >= 0.6 is 11.3 Å². The lowest BCUT2D eigenvalue weighted by molar-refractivity contribution is -0.137. The molecule has 0 spiro atoms. The van der Waals surface area contributed by atoms with E-state index in [1.807, 2.05) is 11.8 Å². The zero-order valence-electron chi connectivity index (χ0n) is 13.7. The molecule has 1 unspecified atom stereocenters. The number of morpholine rings is 1. The standard InChI is InChI=1S/C16H22N4O2S/c1-10(2)13(16(21)20-4-6-22-7-5-20)19-14-12-11(3)8-23-15(12)18-9-17-14/h8-10,13H,4-7H2,1-3H3,(H,17,18,19). The summed E-state index contributed by atoms with van der Waals surface area (Å²) >= 11 is 1.60. The van der Waals surface area contributed by atoms with Gasteiger partial charge >= 0.3 is 0 Å². The minimum Gasteiger partial charge on any atom is -0.378 e. The quantitative estimate of drug-likeness (QED) is 0.929. The molecule has 1 amide bonds. The van der Waals surface area contributed by atoms with E-state index < -0.39 is 0 Å². The van der Waals surface area contributed by atoms with Gasteiger partial charge < -0.3 is 15.0 Å². The summed E-state index contributed by atoms with van der Waals surface area (Å²) in [5.41, 5.74) is 1.13. The molecule has 1 fully saturated rings. The van der Waals surface area contributed by atoms with E-state index in [2.05, 4.69) is 34.5 Å². The van der Waals surface area contributed by atoms with Gasteiger partial charge in [0.25, 0.3) is 0 Å². The highest BCUT2D eigenvalue weighted by Gasteiger charge is 2.29. The fraction of sp³-hybridized carbons (Fsp3) is 0.562. The van der Waals surface area contributed by atoms with E-state index in [0.717, 1.165) is 21.6 Å². The third-order valence-corrected chi connectivity index (χ3v) is 5.11. The summed E-state index contributed by atoms with van der Waals surface area (Å²) in [5, 5.41) is 6.45. The van der Waals surface area contributed by atoms with Crippen molar-refractivity contribution in [1.82, 2.24) is 14.9 Å². The second-order valence-electron chi connectivity index (χ2n) is 6.12. The molecule has 1 aliphatic heterocycles. The second-order valence-corrected chi connectivity index (χ2v) is 6.98. The van der Waals surface area contributed by atoms with Crippen molar-refractivity contribution < 1.29 is 9.53 Å². The number of aromatic nitrogens is 2. The van der Waals surface area contributed by atoms with Gasteiger partial charge in [-0.2, -0.15) is 0 Å². The Morgan fingerprint density at radius 2 is 2.09 bits per heavy atom. The Bertz CT molecular complexity index is 694. The summed E-state index contributed by atoms with van der Waals surface area (Å²) < 4.78 is 5.34. The topological polar surface area (TPSA) is 67.4 Å². The third kappa shape index (κ3) is 3.30. The number of carbonyl (C=O) groups excluding carboxylic acids is 1. The molecule has 2 aromatic heterocycles. The van der Waals surface area contributed by atoms with E-state index in [1.165, 1.54) is 0 Å². The number of aryl methyl sites for hydroxylation is 1. The van der Waals surface area contributed by atoms with Crippen LogP contribution in [0.25, 0.3) is 10.2 Å². The molecule has 6 nitrogen and oxygen atoms in total. The summed E-state index contributed by atoms with van der Waals surface area (Å²) in [7, 11) is 0. The van der Waals surface area contributed by atoms with Gasteiger partial charge in [-0.3, -0.25) is 4.79 Å². The molecule has 3 heterocycles. The van der Waals surface area contributed by atoms with Crippen LogP contribution in [0.5, 0.6) is 0 Å². The summed E-state index contributed by atoms with van der Waals surface area (Å²) in [4.78, 5) is 24.4. The van der Waals surface area contributed by atoms with Crippen molar-refractivity contribution in [2.45, 2.75) is 26.8 Å². The number of nitrogens with zero attached hydrogens (tertiary/aromatic N) is 3. The lowest BCUT2D eigenvalue weighted by Gasteiger charge is -2.32. The molecule has 1 N–H and O–H groups in total. The monoisotopic (exact) mass is 334 g/mol. The Morgan fingerprint density at radius 1 is 1.35 bits per heavy atom. The van der Waals surface area contributed by atoms with Crippen LogP contribution in [0, 0.1) is 12.8 Å². The maximum Gasteiger partial charge on any atom is 0.245 e. The van der Waals surface area contributed by atoms with E-state index in [-0.39, 0.29) is 17.9 Å². The molecule has 0 aliphatic carbocycles. The molecule has 1 saturated heterocycles. The molecule has 2 aromatic rings. The number of hydrogen-bond donors (Lipinski definition) is 1. The van der Waals surface area contributed by atoms with Gasteiger partial charge in [0, 0.05) is 13.1 Å². The fourth-order valence-corrected chi connectivity index (χ4v) is 3.66. The van der Waals surface area contributed by atoms with E-state index >= 15 is 0 Å². The van der Waals surface area contributed by atoms with Crippen LogP contribution in [0.2, 0.25) is 0 Å². The first-order valence-corrected chi connectivity index (χ1v) is 8.77. The number of hydrogen-bond acceptors (Lipinski definition) is 6. The molecular formula is C16H22N4O2S. The minimum atomic E-state index is -0.300. The summed E-state index contributed by atoms with van der Waals surface area (Å²) in [6, 6.07) is -0.300. The van der Waals surface area contributed by atoms with Crippen molar-refractivity contribution in [3.8, 4) is 0 Å². The van der Waals surface area contributed by atoms with E-state index in [9.17, 15) is 4.79 Å². The Balaban J connectivity index is 1.86. The average molecular weight is 334 g/mol. The number of ether oxygens (including phenoxy) is 1. The van der Waals surface area contributed by atoms with Gasteiger partial charge in [-0.05, 0) is 23.8 Å². The van der Waals surface area contributed by atoms with Crippen molar-refractivity contribution in [3.63, 3.8) is 0 Å². The summed E-state index contributed by atoms with van der Waals surface area (Å²) in [5.74, 6) is 1.02. The van der Waals surface area contributed by atoms with Crippen LogP contribution in [0.1, 0.15) is 19.4 Å². The average Bonchev–Trinajstić information content (AvgIpc) is 2.95. The molecule has 0 radical (unpaired) electrons. The molecule has 124 valence electrons. The van der Waals surface area contributed by atoms with Gasteiger partial charge in [-0.15, -0.1) is 11.3 Å². The molecule has 1 aliphatic rings. The lowest BCUT2D eigenvalue weighted by atomic mass is 10.0. The Hall–Kier alpha value is -1.73. The maximum absolute atomic E-state index is 12.9. The smallest absolute Gasteiger partial charge is 0.245 e. The number of carbonyl (C=O) groups is 1. The molecule has 0 aromatic carbocycles. The molecule has 0 bridgehead atoms. The van der Waals surface area contributed by atoms with Crippen LogP contribution in [0.15, 0.2) is 11.7 Å². The Kier molecular flexibility index (Phi) is 4.77. The number of amides is 1.